The van der Waals surface area contributed by atoms with Crippen LogP contribution in [-0.2, 0) is 20.6 Å². The maximum Gasteiger partial charge on any atom is 0.410 e. The van der Waals surface area contributed by atoms with Crippen molar-refractivity contribution in [3.63, 3.8) is 0 Å². The van der Waals surface area contributed by atoms with Crippen molar-refractivity contribution in [3.8, 4) is 0 Å². The van der Waals surface area contributed by atoms with E-state index >= 15 is 0 Å². The van der Waals surface area contributed by atoms with Crippen LogP contribution in [0.15, 0.2) is 18.2 Å². The number of nitrogen functional groups attached to an aromatic ring is 1. The average molecular weight is 429 g/mol. The number of carbonyl (C=O) groups is 1. The summed E-state index contributed by atoms with van der Waals surface area (Å²) in [6, 6.07) is 5.51. The molecule has 0 aromatic heterocycles. The van der Waals surface area contributed by atoms with Gasteiger partial charge in [-0.1, -0.05) is 11.6 Å². The first kappa shape index (κ1) is 25.5. The summed E-state index contributed by atoms with van der Waals surface area (Å²) >= 11 is 6.04. The van der Waals surface area contributed by atoms with Gasteiger partial charge in [0.15, 0.2) is 0 Å². The lowest BCUT2D eigenvalue weighted by Gasteiger charge is -2.35. The maximum absolute atomic E-state index is 12.2. The highest BCUT2D eigenvalue weighted by atomic mass is 35.5. The highest BCUT2D eigenvalue weighted by Crippen LogP contribution is 2.20. The summed E-state index contributed by atoms with van der Waals surface area (Å²) < 4.78 is 17.5. The topological polar surface area (TPSA) is 74.0 Å². The average Bonchev–Trinajstić information content (AvgIpc) is 2.50. The lowest BCUT2D eigenvalue weighted by Crippen LogP contribution is -2.46. The molecular weight excluding hydrogens is 392 g/mol. The second-order valence-electron chi connectivity index (χ2n) is 9.64. The van der Waals surface area contributed by atoms with Gasteiger partial charge in [-0.15, -0.1) is 0 Å². The van der Waals surface area contributed by atoms with E-state index in [1.54, 1.807) is 13.1 Å². The monoisotopic (exact) mass is 428 g/mol. The number of benzene rings is 1. The van der Waals surface area contributed by atoms with Gasteiger partial charge in [0.2, 0.25) is 0 Å². The Kier molecular flexibility index (Phi) is 8.81. The Bertz CT molecular complexity index is 664. The molecule has 0 unspecified atom stereocenters. The van der Waals surface area contributed by atoms with Crippen LogP contribution in [-0.4, -0.2) is 54.6 Å². The largest absolute Gasteiger partial charge is 0.444 e. The van der Waals surface area contributed by atoms with Gasteiger partial charge in [0.05, 0.1) is 31.0 Å². The molecule has 0 spiro atoms. The summed E-state index contributed by atoms with van der Waals surface area (Å²) in [7, 11) is 1.71. The number of likely N-dealkylation sites (N-methyl/N-ethyl adjacent to an activating group) is 1. The minimum atomic E-state index is -0.548. The van der Waals surface area contributed by atoms with Gasteiger partial charge in [0, 0.05) is 17.8 Å². The fourth-order valence-corrected chi connectivity index (χ4v) is 2.96. The normalized spacial score (nSPS) is 12.7. The van der Waals surface area contributed by atoms with Crippen molar-refractivity contribution in [3.05, 3.63) is 28.8 Å². The predicted molar refractivity (Wildman–Crippen MR) is 118 cm³/mol. The van der Waals surface area contributed by atoms with Crippen LogP contribution in [0.5, 0.6) is 0 Å². The van der Waals surface area contributed by atoms with Crippen molar-refractivity contribution in [2.45, 2.75) is 71.7 Å². The number of ether oxygens (including phenoxy) is 3. The van der Waals surface area contributed by atoms with Crippen LogP contribution >= 0.6 is 11.6 Å². The van der Waals surface area contributed by atoms with E-state index in [4.69, 9.17) is 31.5 Å². The van der Waals surface area contributed by atoms with Crippen molar-refractivity contribution in [2.75, 3.05) is 32.5 Å². The number of amides is 1. The third kappa shape index (κ3) is 10.7. The molecule has 166 valence electrons. The molecule has 0 saturated carbocycles. The van der Waals surface area contributed by atoms with Gasteiger partial charge in [-0.3, -0.25) is 0 Å². The number of nitrogens with two attached hydrogens (primary N) is 1. The standard InChI is InChI=1S/C22H37ClN2O4/c1-20(2,3)29-19(26)25(8)14-21(4,5)28-15-22(6,7)27-10-9-16-11-17(23)13-18(24)12-16/h11-13H,9-10,14-15,24H2,1-8H3. The molecular formula is C22H37ClN2O4. The molecule has 2 N–H and O–H groups in total. The SMILES string of the molecule is CN(CC(C)(C)OCC(C)(C)OCCc1cc(N)cc(Cl)c1)C(=O)OC(C)(C)C. The van der Waals surface area contributed by atoms with Gasteiger partial charge in [-0.2, -0.15) is 0 Å². The first-order valence-electron chi connectivity index (χ1n) is 9.86. The second kappa shape index (κ2) is 10.0. The molecule has 0 fully saturated rings. The number of anilines is 1. The molecule has 1 amide bonds. The summed E-state index contributed by atoms with van der Waals surface area (Å²) in [4.78, 5) is 13.7. The molecule has 0 saturated heterocycles. The van der Waals surface area contributed by atoms with Crippen molar-refractivity contribution >= 4 is 23.4 Å². The number of rotatable bonds is 9. The Labute approximate surface area is 180 Å². The minimum Gasteiger partial charge on any atom is -0.444 e. The Morgan fingerprint density at radius 2 is 1.66 bits per heavy atom. The van der Waals surface area contributed by atoms with Gasteiger partial charge in [-0.25, -0.2) is 4.79 Å². The summed E-state index contributed by atoms with van der Waals surface area (Å²) in [6.45, 7) is 14.7. The van der Waals surface area contributed by atoms with Crippen LogP contribution in [0, 0.1) is 0 Å². The lowest BCUT2D eigenvalue weighted by molar-refractivity contribution is -0.124. The van der Waals surface area contributed by atoms with E-state index in [0.717, 1.165) is 5.56 Å². The van der Waals surface area contributed by atoms with E-state index in [1.807, 2.05) is 60.6 Å². The fraction of sp³-hybridized carbons (Fsp3) is 0.682. The second-order valence-corrected chi connectivity index (χ2v) is 10.1. The Morgan fingerprint density at radius 1 is 1.03 bits per heavy atom. The number of halogens is 1. The lowest BCUT2D eigenvalue weighted by atomic mass is 10.1. The molecule has 0 heterocycles. The molecule has 1 aromatic rings. The number of hydrogen-bond acceptors (Lipinski definition) is 5. The number of carbonyl (C=O) groups excluding carboxylic acids is 1. The van der Waals surface area contributed by atoms with Crippen molar-refractivity contribution in [1.29, 1.82) is 0 Å². The van der Waals surface area contributed by atoms with Crippen LogP contribution in [0.1, 0.15) is 54.0 Å². The van der Waals surface area contributed by atoms with Crippen molar-refractivity contribution in [1.82, 2.24) is 4.90 Å². The quantitative estimate of drug-likeness (QED) is 0.565. The van der Waals surface area contributed by atoms with E-state index in [0.29, 0.717) is 36.9 Å². The molecule has 0 aliphatic heterocycles. The van der Waals surface area contributed by atoms with E-state index < -0.39 is 16.8 Å². The van der Waals surface area contributed by atoms with Crippen LogP contribution in [0.25, 0.3) is 0 Å². The Morgan fingerprint density at radius 3 is 2.21 bits per heavy atom. The molecule has 0 atom stereocenters. The Hall–Kier alpha value is -1.50. The zero-order chi connectivity index (χ0) is 22.5. The van der Waals surface area contributed by atoms with E-state index in [-0.39, 0.29) is 6.09 Å². The maximum atomic E-state index is 12.2. The van der Waals surface area contributed by atoms with Gasteiger partial charge in [0.25, 0.3) is 0 Å². The van der Waals surface area contributed by atoms with Gasteiger partial charge in [0.1, 0.15) is 5.60 Å². The third-order valence-electron chi connectivity index (χ3n) is 4.00. The van der Waals surface area contributed by atoms with E-state index in [1.165, 1.54) is 4.90 Å². The van der Waals surface area contributed by atoms with Gasteiger partial charge >= 0.3 is 6.09 Å². The highest BCUT2D eigenvalue weighted by Gasteiger charge is 2.29. The van der Waals surface area contributed by atoms with Gasteiger partial charge in [-0.05, 0) is 78.6 Å². The van der Waals surface area contributed by atoms with Crippen LogP contribution in [0.3, 0.4) is 0 Å². The molecule has 6 nitrogen and oxygen atoms in total. The van der Waals surface area contributed by atoms with Crippen LogP contribution in [0.4, 0.5) is 10.5 Å². The van der Waals surface area contributed by atoms with Crippen molar-refractivity contribution < 1.29 is 19.0 Å². The predicted octanol–water partition coefficient (Wildman–Crippen LogP) is 4.92. The zero-order valence-corrected chi connectivity index (χ0v) is 19.9. The van der Waals surface area contributed by atoms with Crippen molar-refractivity contribution in [2.24, 2.45) is 0 Å². The minimum absolute atomic E-state index is 0.370. The van der Waals surface area contributed by atoms with Gasteiger partial charge < -0.3 is 24.8 Å². The molecule has 1 rings (SSSR count). The van der Waals surface area contributed by atoms with E-state index in [9.17, 15) is 4.79 Å². The summed E-state index contributed by atoms with van der Waals surface area (Å²) in [5, 5.41) is 0.624. The first-order chi connectivity index (χ1) is 13.1. The molecule has 0 aliphatic carbocycles. The molecule has 0 radical (unpaired) electrons. The third-order valence-corrected chi connectivity index (χ3v) is 4.22. The molecule has 29 heavy (non-hydrogen) atoms. The fourth-order valence-electron chi connectivity index (χ4n) is 2.70. The first-order valence-corrected chi connectivity index (χ1v) is 10.2. The van der Waals surface area contributed by atoms with Crippen LogP contribution < -0.4 is 5.73 Å². The van der Waals surface area contributed by atoms with E-state index in [2.05, 4.69) is 0 Å². The molecule has 1 aromatic carbocycles. The number of nitrogens with zero attached hydrogens (tertiary/aromatic N) is 1. The summed E-state index contributed by atoms with van der Waals surface area (Å²) in [5.41, 5.74) is 5.95. The Balaban J connectivity index is 2.48. The molecule has 0 bridgehead atoms. The number of hydrogen-bond donors (Lipinski definition) is 1. The zero-order valence-electron chi connectivity index (χ0n) is 19.1. The summed E-state index contributed by atoms with van der Waals surface area (Å²) in [6.07, 6.45) is 0.337. The van der Waals surface area contributed by atoms with Crippen LogP contribution in [0.2, 0.25) is 5.02 Å². The molecule has 7 heteroatoms. The smallest absolute Gasteiger partial charge is 0.410 e. The summed E-state index contributed by atoms with van der Waals surface area (Å²) in [5.74, 6) is 0. The highest BCUT2D eigenvalue weighted by molar-refractivity contribution is 6.30. The molecule has 0 aliphatic rings.